The smallest absolute Gasteiger partial charge is 0.339 e. The van der Waals surface area contributed by atoms with Crippen molar-refractivity contribution in [2.75, 3.05) is 13.2 Å². The van der Waals surface area contributed by atoms with Gasteiger partial charge in [-0.25, -0.2) is 19.2 Å². The Kier molecular flexibility index (Phi) is 6.07. The number of aromatic carboxylic acids is 2. The van der Waals surface area contributed by atoms with Crippen LogP contribution in [-0.2, 0) is 9.47 Å². The lowest BCUT2D eigenvalue weighted by atomic mass is 9.99. The number of esters is 2. The van der Waals surface area contributed by atoms with Crippen molar-refractivity contribution in [2.24, 2.45) is 0 Å². The summed E-state index contributed by atoms with van der Waals surface area (Å²) in [5.74, 6) is -3.08. The van der Waals surface area contributed by atoms with E-state index in [9.17, 15) is 19.2 Å². The first-order chi connectivity index (χ1) is 14.4. The molecule has 0 radical (unpaired) electrons. The lowest BCUT2D eigenvalue weighted by Crippen LogP contribution is -2.21. The number of carbonyl (C=O) groups is 4. The normalized spacial score (nSPS) is 12.9. The second-order valence-corrected chi connectivity index (χ2v) is 6.17. The largest absolute Gasteiger partial charge is 0.478 e. The van der Waals surface area contributed by atoms with Gasteiger partial charge in [0.1, 0.15) is 13.2 Å². The summed E-state index contributed by atoms with van der Waals surface area (Å²) in [4.78, 5) is 44.5. The van der Waals surface area contributed by atoms with Crippen molar-refractivity contribution >= 4 is 34.6 Å². The van der Waals surface area contributed by atoms with Crippen LogP contribution in [0.5, 0.6) is 0 Å². The first-order valence-corrected chi connectivity index (χ1v) is 8.81. The molecule has 0 saturated heterocycles. The highest BCUT2D eigenvalue weighted by Crippen LogP contribution is 2.25. The Morgan fingerprint density at radius 3 is 1.80 bits per heavy atom. The third-order valence-electron chi connectivity index (χ3n) is 4.28. The average molecular weight is 408 g/mol. The SMILES string of the molecule is O=C(O)c1ccc(C(=O)O)cc1.O=C1OCCOC(=O)c2c1ccc1ccccc21. The fraction of sp³-hybridized carbons (Fsp3) is 0.0909. The predicted octanol–water partition coefficient (Wildman–Crippen LogP) is 3.25. The van der Waals surface area contributed by atoms with Gasteiger partial charge in [0.2, 0.25) is 0 Å². The highest BCUT2D eigenvalue weighted by atomic mass is 16.6. The third-order valence-corrected chi connectivity index (χ3v) is 4.28. The number of fused-ring (bicyclic) bond motifs is 3. The second-order valence-electron chi connectivity index (χ2n) is 6.17. The molecule has 0 aliphatic carbocycles. The van der Waals surface area contributed by atoms with Gasteiger partial charge in [0.05, 0.1) is 22.3 Å². The maximum absolute atomic E-state index is 12.0. The van der Waals surface area contributed by atoms with Gasteiger partial charge in [-0.05, 0) is 41.1 Å². The molecule has 0 bridgehead atoms. The van der Waals surface area contributed by atoms with E-state index in [-0.39, 0.29) is 35.5 Å². The van der Waals surface area contributed by atoms with Crippen LogP contribution in [0.2, 0.25) is 0 Å². The van der Waals surface area contributed by atoms with Crippen molar-refractivity contribution in [1.82, 2.24) is 0 Å². The molecule has 0 atom stereocenters. The van der Waals surface area contributed by atoms with E-state index in [4.69, 9.17) is 19.7 Å². The Morgan fingerprint density at radius 1 is 0.700 bits per heavy atom. The van der Waals surface area contributed by atoms with E-state index in [0.717, 1.165) is 5.39 Å². The molecule has 3 aromatic rings. The Bertz CT molecular complexity index is 1100. The van der Waals surface area contributed by atoms with Crippen molar-refractivity contribution in [3.63, 3.8) is 0 Å². The average Bonchev–Trinajstić information content (AvgIpc) is 2.75. The molecule has 0 amide bonds. The number of benzene rings is 3. The van der Waals surface area contributed by atoms with Crippen LogP contribution in [0, 0.1) is 0 Å². The molecule has 3 aromatic carbocycles. The fourth-order valence-electron chi connectivity index (χ4n) is 2.84. The summed E-state index contributed by atoms with van der Waals surface area (Å²) >= 11 is 0. The molecular formula is C22H16O8. The van der Waals surface area contributed by atoms with Crippen LogP contribution in [0.15, 0.2) is 60.7 Å². The minimum atomic E-state index is -1.06. The highest BCUT2D eigenvalue weighted by molar-refractivity contribution is 6.12. The van der Waals surface area contributed by atoms with Crippen molar-refractivity contribution < 1.29 is 38.9 Å². The number of ether oxygens (including phenoxy) is 2. The summed E-state index contributed by atoms with van der Waals surface area (Å²) in [6, 6.07) is 15.8. The van der Waals surface area contributed by atoms with Crippen molar-refractivity contribution in [3.8, 4) is 0 Å². The Hall–Kier alpha value is -4.20. The van der Waals surface area contributed by atoms with Crippen LogP contribution in [0.25, 0.3) is 10.8 Å². The van der Waals surface area contributed by atoms with E-state index in [1.165, 1.54) is 24.3 Å². The van der Waals surface area contributed by atoms with E-state index in [1.54, 1.807) is 18.2 Å². The minimum Gasteiger partial charge on any atom is -0.478 e. The van der Waals surface area contributed by atoms with Gasteiger partial charge >= 0.3 is 23.9 Å². The molecule has 8 nitrogen and oxygen atoms in total. The van der Waals surface area contributed by atoms with Gasteiger partial charge in [0.15, 0.2) is 0 Å². The summed E-state index contributed by atoms with van der Waals surface area (Å²) in [5, 5.41) is 18.5. The summed E-state index contributed by atoms with van der Waals surface area (Å²) < 4.78 is 10.0. The van der Waals surface area contributed by atoms with Crippen LogP contribution in [0.1, 0.15) is 41.4 Å². The first-order valence-electron chi connectivity index (χ1n) is 8.81. The summed E-state index contributed by atoms with van der Waals surface area (Å²) in [5.41, 5.74) is 0.719. The zero-order valence-corrected chi connectivity index (χ0v) is 15.5. The van der Waals surface area contributed by atoms with Gasteiger partial charge in [-0.2, -0.15) is 0 Å². The molecule has 1 aliphatic rings. The molecule has 0 spiro atoms. The highest BCUT2D eigenvalue weighted by Gasteiger charge is 2.24. The molecule has 8 heteroatoms. The summed E-state index contributed by atoms with van der Waals surface area (Å²) in [6.45, 7) is 0.185. The van der Waals surface area contributed by atoms with Crippen LogP contribution in [0.3, 0.4) is 0 Å². The minimum absolute atomic E-state index is 0.0833. The van der Waals surface area contributed by atoms with Crippen LogP contribution < -0.4 is 0 Å². The van der Waals surface area contributed by atoms with E-state index in [0.29, 0.717) is 5.39 Å². The van der Waals surface area contributed by atoms with Crippen molar-refractivity contribution in [3.05, 3.63) is 82.9 Å². The van der Waals surface area contributed by atoms with Gasteiger partial charge in [0, 0.05) is 0 Å². The molecular weight excluding hydrogens is 392 g/mol. The predicted molar refractivity (Wildman–Crippen MR) is 105 cm³/mol. The first kappa shape index (κ1) is 20.5. The molecule has 0 aromatic heterocycles. The van der Waals surface area contributed by atoms with Crippen molar-refractivity contribution in [2.45, 2.75) is 0 Å². The van der Waals surface area contributed by atoms with Crippen molar-refractivity contribution in [1.29, 1.82) is 0 Å². The lowest BCUT2D eigenvalue weighted by molar-refractivity contribution is 0.0227. The summed E-state index contributed by atoms with van der Waals surface area (Å²) in [7, 11) is 0. The Balaban J connectivity index is 0.000000187. The lowest BCUT2D eigenvalue weighted by Gasteiger charge is -2.15. The van der Waals surface area contributed by atoms with Crippen LogP contribution >= 0.6 is 0 Å². The molecule has 0 saturated carbocycles. The van der Waals surface area contributed by atoms with Gasteiger partial charge in [-0.15, -0.1) is 0 Å². The van der Waals surface area contributed by atoms with E-state index in [1.807, 2.05) is 18.2 Å². The Labute approximate surface area is 170 Å². The van der Waals surface area contributed by atoms with Gasteiger partial charge in [-0.3, -0.25) is 0 Å². The molecule has 0 fully saturated rings. The molecule has 1 aliphatic heterocycles. The topological polar surface area (TPSA) is 127 Å². The molecule has 1 heterocycles. The molecule has 30 heavy (non-hydrogen) atoms. The second kappa shape index (κ2) is 8.87. The zero-order valence-electron chi connectivity index (χ0n) is 15.5. The van der Waals surface area contributed by atoms with Gasteiger partial charge < -0.3 is 19.7 Å². The molecule has 4 rings (SSSR count). The number of rotatable bonds is 2. The number of cyclic esters (lactones) is 2. The van der Waals surface area contributed by atoms with E-state index < -0.39 is 23.9 Å². The molecule has 2 N–H and O–H groups in total. The number of hydrogen-bond acceptors (Lipinski definition) is 6. The maximum atomic E-state index is 12.0. The number of carbonyl (C=O) groups excluding carboxylic acids is 2. The zero-order chi connectivity index (χ0) is 21.7. The monoisotopic (exact) mass is 408 g/mol. The van der Waals surface area contributed by atoms with E-state index >= 15 is 0 Å². The standard InChI is InChI=1S/C14H10O4.C8H6O4/c15-13-11-6-5-9-3-1-2-4-10(9)12(11)14(16)18-8-7-17-13;9-7(10)5-1-2-6(4-3-5)8(11)12/h1-6H,7-8H2;1-4H,(H,9,10)(H,11,12). The number of hydrogen-bond donors (Lipinski definition) is 2. The molecule has 152 valence electrons. The number of carboxylic acids is 2. The fourth-order valence-corrected chi connectivity index (χ4v) is 2.84. The summed E-state index contributed by atoms with van der Waals surface area (Å²) in [6.07, 6.45) is 0. The quantitative estimate of drug-likeness (QED) is 0.619. The van der Waals surface area contributed by atoms with Gasteiger partial charge in [0.25, 0.3) is 0 Å². The van der Waals surface area contributed by atoms with Crippen LogP contribution in [0.4, 0.5) is 0 Å². The molecule has 0 unspecified atom stereocenters. The Morgan fingerprint density at radius 2 is 1.23 bits per heavy atom. The number of carboxylic acid groups (broad SMARTS) is 2. The van der Waals surface area contributed by atoms with E-state index in [2.05, 4.69) is 0 Å². The van der Waals surface area contributed by atoms with Crippen LogP contribution in [-0.4, -0.2) is 47.3 Å². The third kappa shape index (κ3) is 4.44. The van der Waals surface area contributed by atoms with Gasteiger partial charge in [-0.1, -0.05) is 30.3 Å². The maximum Gasteiger partial charge on any atom is 0.339 e.